The zero-order valence-electron chi connectivity index (χ0n) is 17.9. The van der Waals surface area contributed by atoms with Crippen LogP contribution in [0.15, 0.2) is 41.0 Å². The average molecular weight is 472 g/mol. The van der Waals surface area contributed by atoms with Crippen molar-refractivity contribution in [1.29, 1.82) is 4.78 Å². The minimum Gasteiger partial charge on any atom is -0.330 e. The summed E-state index contributed by atoms with van der Waals surface area (Å²) in [5.41, 5.74) is 3.87. The second-order valence-corrected chi connectivity index (χ2v) is 11.7. The molecular weight excluding hydrogens is 446 g/mol. The summed E-state index contributed by atoms with van der Waals surface area (Å²) in [6.07, 6.45) is 5.75. The number of thiazole rings is 1. The molecule has 1 aromatic carbocycles. The molecule has 3 aromatic rings. The maximum atomic E-state index is 12.7. The molecule has 0 unspecified atom stereocenters. The molecule has 1 spiro atoms. The van der Waals surface area contributed by atoms with E-state index in [2.05, 4.69) is 50.3 Å². The van der Waals surface area contributed by atoms with Crippen molar-refractivity contribution in [2.75, 3.05) is 30.8 Å². The molecule has 4 heterocycles. The fourth-order valence-electron chi connectivity index (χ4n) is 4.49. The molecule has 2 aliphatic heterocycles. The number of piperidine rings is 1. The fourth-order valence-corrected chi connectivity index (χ4v) is 5.65. The van der Waals surface area contributed by atoms with Gasteiger partial charge in [0.1, 0.15) is 0 Å². The van der Waals surface area contributed by atoms with Gasteiger partial charge in [-0.15, -0.1) is 11.3 Å². The molecule has 9 nitrogen and oxygen atoms in total. The molecule has 2 N–H and O–H groups in total. The maximum Gasteiger partial charge on any atom is 0.324 e. The van der Waals surface area contributed by atoms with Crippen LogP contribution in [0.25, 0.3) is 10.2 Å². The molecule has 32 heavy (non-hydrogen) atoms. The Labute approximate surface area is 190 Å². The van der Waals surface area contributed by atoms with Gasteiger partial charge in [-0.1, -0.05) is 6.07 Å². The number of carbonyl (C=O) groups is 1. The quantitative estimate of drug-likeness (QED) is 0.604. The van der Waals surface area contributed by atoms with Gasteiger partial charge in [0.25, 0.3) is 0 Å². The topological polar surface area (TPSA) is 115 Å². The lowest BCUT2D eigenvalue weighted by molar-refractivity contribution is 0.121. The molecule has 11 heteroatoms. The lowest BCUT2D eigenvalue weighted by Gasteiger charge is -2.41. The number of likely N-dealkylation sites (tertiary alicyclic amines) is 1. The first-order chi connectivity index (χ1) is 15.2. The highest BCUT2D eigenvalue weighted by atomic mass is 32.2. The summed E-state index contributed by atoms with van der Waals surface area (Å²) in [6, 6.07) is 6.56. The minimum absolute atomic E-state index is 0.212. The van der Waals surface area contributed by atoms with Crippen LogP contribution in [0.5, 0.6) is 0 Å². The number of carbonyl (C=O) groups excluding carboxylic acids is 1. The van der Waals surface area contributed by atoms with Crippen molar-refractivity contribution < 1.29 is 9.00 Å². The molecular formula is C21H25N7O2S2. The van der Waals surface area contributed by atoms with Gasteiger partial charge in [-0.2, -0.15) is 0 Å². The van der Waals surface area contributed by atoms with Crippen LogP contribution in [-0.4, -0.2) is 61.5 Å². The number of nitrogens with zero attached hydrogens (tertiary/aromatic N) is 5. The predicted molar refractivity (Wildman–Crippen MR) is 125 cm³/mol. The van der Waals surface area contributed by atoms with E-state index >= 15 is 0 Å². The standard InChI is InChI=1S/C21H25N7O2S2/c1-14(15-3-4-18-17(9-15)25-13-31-18)27-7-5-21(6-8-27)12-28(20(29)26-21)19-23-10-16(11-24-19)32(2,22)30/h3-4,9-11,13-14,22H,5-8,12H2,1-2H3,(H,26,29)/t14-,32-/m1/s1. The molecule has 2 aromatic heterocycles. The summed E-state index contributed by atoms with van der Waals surface area (Å²) in [5.74, 6) is 0.277. The molecule has 0 radical (unpaired) electrons. The summed E-state index contributed by atoms with van der Waals surface area (Å²) < 4.78 is 20.7. The number of nitrogens with one attached hydrogen (secondary N) is 2. The largest absolute Gasteiger partial charge is 0.330 e. The first-order valence-corrected chi connectivity index (χ1v) is 13.3. The van der Waals surface area contributed by atoms with Crippen LogP contribution in [0.1, 0.15) is 31.4 Å². The normalized spacial score (nSPS) is 21.6. The molecule has 2 atom stereocenters. The SMILES string of the molecule is C[C@H](c1ccc2scnc2c1)N1CCC2(CC1)CN(c1ncc([S@](C)(=N)=O)cn1)C(=O)N2. The summed E-state index contributed by atoms with van der Waals surface area (Å²) in [4.78, 5) is 29.8. The number of aromatic nitrogens is 3. The van der Waals surface area contributed by atoms with Gasteiger partial charge in [0.2, 0.25) is 5.95 Å². The highest BCUT2D eigenvalue weighted by Gasteiger charge is 2.46. The summed E-state index contributed by atoms with van der Waals surface area (Å²) in [5, 5.41) is 3.16. The van der Waals surface area contributed by atoms with Crippen molar-refractivity contribution in [3.63, 3.8) is 0 Å². The van der Waals surface area contributed by atoms with Crippen molar-refractivity contribution >= 4 is 43.3 Å². The highest BCUT2D eigenvalue weighted by molar-refractivity contribution is 7.91. The molecule has 2 amide bonds. The summed E-state index contributed by atoms with van der Waals surface area (Å²) in [7, 11) is -2.88. The molecule has 2 saturated heterocycles. The average Bonchev–Trinajstić information content (AvgIpc) is 3.37. The van der Waals surface area contributed by atoms with Gasteiger partial charge < -0.3 is 5.32 Å². The Balaban J connectivity index is 1.26. The summed E-state index contributed by atoms with van der Waals surface area (Å²) >= 11 is 1.65. The van der Waals surface area contributed by atoms with Gasteiger partial charge in [-0.05, 0) is 37.5 Å². The number of urea groups is 1. The zero-order chi connectivity index (χ0) is 22.5. The monoisotopic (exact) mass is 471 g/mol. The van der Waals surface area contributed by atoms with Gasteiger partial charge in [0.05, 0.1) is 42.4 Å². The van der Waals surface area contributed by atoms with Crippen molar-refractivity contribution in [2.45, 2.75) is 36.2 Å². The van der Waals surface area contributed by atoms with Crippen LogP contribution in [-0.2, 0) is 9.73 Å². The van der Waals surface area contributed by atoms with Crippen molar-refractivity contribution in [3.8, 4) is 0 Å². The predicted octanol–water partition coefficient (Wildman–Crippen LogP) is 3.25. The van der Waals surface area contributed by atoms with E-state index in [0.29, 0.717) is 6.54 Å². The third-order valence-electron chi connectivity index (χ3n) is 6.52. The van der Waals surface area contributed by atoms with E-state index in [1.165, 1.54) is 28.9 Å². The van der Waals surface area contributed by atoms with Crippen molar-refractivity contribution in [3.05, 3.63) is 41.7 Å². The van der Waals surface area contributed by atoms with Gasteiger partial charge in [0, 0.05) is 37.8 Å². The van der Waals surface area contributed by atoms with E-state index in [9.17, 15) is 9.00 Å². The highest BCUT2D eigenvalue weighted by Crippen LogP contribution is 2.34. The van der Waals surface area contributed by atoms with E-state index < -0.39 is 9.73 Å². The van der Waals surface area contributed by atoms with Gasteiger partial charge in [0.15, 0.2) is 0 Å². The van der Waals surface area contributed by atoms with Crippen LogP contribution < -0.4 is 10.2 Å². The van der Waals surface area contributed by atoms with Crippen LogP contribution in [0.2, 0.25) is 0 Å². The number of hydrogen-bond acceptors (Lipinski definition) is 8. The third kappa shape index (κ3) is 3.84. The molecule has 0 bridgehead atoms. The van der Waals surface area contributed by atoms with E-state index in [1.807, 2.05) is 5.51 Å². The number of fused-ring (bicyclic) bond motifs is 1. The Bertz CT molecular complexity index is 1260. The molecule has 2 fully saturated rings. The zero-order valence-corrected chi connectivity index (χ0v) is 19.6. The van der Waals surface area contributed by atoms with Crippen LogP contribution >= 0.6 is 11.3 Å². The Hall–Kier alpha value is -2.63. The fraction of sp³-hybridized carbons (Fsp3) is 0.429. The Kier molecular flexibility index (Phi) is 5.14. The van der Waals surface area contributed by atoms with Crippen LogP contribution in [0.3, 0.4) is 0 Å². The van der Waals surface area contributed by atoms with Gasteiger partial charge >= 0.3 is 6.03 Å². The first kappa shape index (κ1) is 21.2. The Morgan fingerprint density at radius 3 is 2.62 bits per heavy atom. The summed E-state index contributed by atoms with van der Waals surface area (Å²) in [6.45, 7) is 4.47. The van der Waals surface area contributed by atoms with Gasteiger partial charge in [-0.3, -0.25) is 9.80 Å². The molecule has 2 aliphatic rings. The number of anilines is 1. The van der Waals surface area contributed by atoms with E-state index in [4.69, 9.17) is 4.78 Å². The number of amides is 2. The van der Waals surface area contributed by atoms with Crippen molar-refractivity contribution in [1.82, 2.24) is 25.2 Å². The van der Waals surface area contributed by atoms with Crippen LogP contribution in [0, 0.1) is 4.78 Å². The van der Waals surface area contributed by atoms with Crippen LogP contribution in [0.4, 0.5) is 10.7 Å². The maximum absolute atomic E-state index is 12.7. The number of hydrogen-bond donors (Lipinski definition) is 2. The second-order valence-electron chi connectivity index (χ2n) is 8.65. The van der Waals surface area contributed by atoms with E-state index in [0.717, 1.165) is 31.4 Å². The number of benzene rings is 1. The lowest BCUT2D eigenvalue weighted by atomic mass is 9.87. The lowest BCUT2D eigenvalue weighted by Crippen LogP contribution is -2.52. The second kappa shape index (κ2) is 7.75. The first-order valence-electron chi connectivity index (χ1n) is 10.5. The molecule has 5 rings (SSSR count). The smallest absolute Gasteiger partial charge is 0.324 e. The van der Waals surface area contributed by atoms with E-state index in [-0.39, 0.29) is 28.5 Å². The Morgan fingerprint density at radius 1 is 1.22 bits per heavy atom. The minimum atomic E-state index is -2.88. The molecule has 0 saturated carbocycles. The number of rotatable bonds is 4. The van der Waals surface area contributed by atoms with Crippen molar-refractivity contribution in [2.24, 2.45) is 0 Å². The van der Waals surface area contributed by atoms with Gasteiger partial charge in [-0.25, -0.2) is 28.7 Å². The molecule has 0 aliphatic carbocycles. The van der Waals surface area contributed by atoms with E-state index in [1.54, 1.807) is 16.2 Å². The third-order valence-corrected chi connectivity index (χ3v) is 8.44. The Morgan fingerprint density at radius 2 is 1.94 bits per heavy atom. The molecule has 168 valence electrons.